The summed E-state index contributed by atoms with van der Waals surface area (Å²) in [5, 5.41) is 3.75. The predicted octanol–water partition coefficient (Wildman–Crippen LogP) is 0.967. The van der Waals surface area contributed by atoms with E-state index in [0.717, 1.165) is 23.0 Å². The lowest BCUT2D eigenvalue weighted by Gasteiger charge is -2.07. The van der Waals surface area contributed by atoms with Gasteiger partial charge in [0.15, 0.2) is 5.82 Å². The van der Waals surface area contributed by atoms with Gasteiger partial charge in [0, 0.05) is 6.20 Å². The highest BCUT2D eigenvalue weighted by Crippen LogP contribution is 2.28. The summed E-state index contributed by atoms with van der Waals surface area (Å²) in [6.07, 6.45) is -2.70. The van der Waals surface area contributed by atoms with Crippen molar-refractivity contribution in [2.45, 2.75) is 6.18 Å². The number of alkyl halides is 3. The first-order valence-electron chi connectivity index (χ1n) is 4.97. The highest BCUT2D eigenvalue weighted by molar-refractivity contribution is 5.97. The number of hydrogen-bond acceptors (Lipinski definition) is 4. The van der Waals surface area contributed by atoms with Crippen molar-refractivity contribution < 1.29 is 18.0 Å². The van der Waals surface area contributed by atoms with Crippen molar-refractivity contribution in [1.82, 2.24) is 14.8 Å². The number of anilines is 1. The van der Waals surface area contributed by atoms with Crippen LogP contribution in [-0.2, 0) is 6.18 Å². The van der Waals surface area contributed by atoms with Crippen LogP contribution in [0.15, 0.2) is 24.5 Å². The van der Waals surface area contributed by atoms with Crippen molar-refractivity contribution in [2.75, 3.05) is 5.73 Å². The molecule has 0 saturated carbocycles. The van der Waals surface area contributed by atoms with Crippen LogP contribution >= 0.6 is 0 Å². The van der Waals surface area contributed by atoms with Gasteiger partial charge in [0.2, 0.25) is 0 Å². The number of nitrogens with two attached hydrogens (primary N) is 2. The first kappa shape index (κ1) is 12.9. The molecule has 0 radical (unpaired) electrons. The Labute approximate surface area is 104 Å². The molecular formula is C10H8F3N5O. The number of nitrogens with zero attached hydrogens (tertiary/aromatic N) is 3. The van der Waals surface area contributed by atoms with Gasteiger partial charge in [0.05, 0.1) is 11.8 Å². The minimum Gasteiger partial charge on any atom is -0.383 e. The molecule has 2 aromatic rings. The fourth-order valence-electron chi connectivity index (χ4n) is 1.41. The summed E-state index contributed by atoms with van der Waals surface area (Å²) in [5.41, 5.74) is 9.73. The third-order valence-electron chi connectivity index (χ3n) is 2.36. The van der Waals surface area contributed by atoms with Crippen LogP contribution in [0.4, 0.5) is 19.0 Å². The number of hydrogen-bond donors (Lipinski definition) is 2. The Balaban J connectivity index is 2.41. The number of amides is 1. The van der Waals surface area contributed by atoms with Gasteiger partial charge in [-0.25, -0.2) is 4.98 Å². The molecule has 0 fully saturated rings. The Hall–Kier alpha value is -2.58. The zero-order valence-corrected chi connectivity index (χ0v) is 9.35. The lowest BCUT2D eigenvalue weighted by Crippen LogP contribution is -2.14. The van der Waals surface area contributed by atoms with E-state index in [1.807, 2.05) is 0 Å². The number of rotatable bonds is 2. The van der Waals surface area contributed by atoms with Gasteiger partial charge in [-0.3, -0.25) is 4.79 Å². The topological polar surface area (TPSA) is 99.8 Å². The molecule has 1 amide bonds. The Bertz CT molecular complexity index is 617. The van der Waals surface area contributed by atoms with Crippen molar-refractivity contribution in [1.29, 1.82) is 0 Å². The molecule has 0 aliphatic carbocycles. The SMILES string of the molecule is NC(=O)c1cnn(-c2ccc(C(F)(F)F)cn2)c1N. The normalized spacial score (nSPS) is 11.5. The Morgan fingerprint density at radius 2 is 1.95 bits per heavy atom. The van der Waals surface area contributed by atoms with Crippen molar-refractivity contribution in [3.05, 3.63) is 35.7 Å². The molecule has 19 heavy (non-hydrogen) atoms. The number of aromatic nitrogens is 3. The molecule has 0 bridgehead atoms. The molecule has 0 spiro atoms. The predicted molar refractivity (Wildman–Crippen MR) is 59.3 cm³/mol. The monoisotopic (exact) mass is 271 g/mol. The van der Waals surface area contributed by atoms with Gasteiger partial charge < -0.3 is 11.5 Å². The molecule has 9 heteroatoms. The minimum absolute atomic E-state index is 0.0262. The molecule has 0 unspecified atom stereocenters. The number of nitrogen functional groups attached to an aromatic ring is 1. The number of carbonyl (C=O) groups is 1. The maximum absolute atomic E-state index is 12.4. The summed E-state index contributed by atoms with van der Waals surface area (Å²) in [5.74, 6) is -0.812. The van der Waals surface area contributed by atoms with E-state index >= 15 is 0 Å². The molecular weight excluding hydrogens is 263 g/mol. The van der Waals surface area contributed by atoms with Crippen molar-refractivity contribution in [3.63, 3.8) is 0 Å². The maximum atomic E-state index is 12.4. The van der Waals surface area contributed by atoms with E-state index in [0.29, 0.717) is 6.20 Å². The molecule has 2 aromatic heterocycles. The first-order chi connectivity index (χ1) is 8.80. The van der Waals surface area contributed by atoms with Crippen LogP contribution in [0.1, 0.15) is 15.9 Å². The highest BCUT2D eigenvalue weighted by Gasteiger charge is 2.30. The summed E-state index contributed by atoms with van der Waals surface area (Å²) < 4.78 is 38.1. The third kappa shape index (κ3) is 2.34. The third-order valence-corrected chi connectivity index (χ3v) is 2.36. The quantitative estimate of drug-likeness (QED) is 0.849. The van der Waals surface area contributed by atoms with Crippen LogP contribution in [0, 0.1) is 0 Å². The van der Waals surface area contributed by atoms with Gasteiger partial charge in [0.25, 0.3) is 5.91 Å². The van der Waals surface area contributed by atoms with Gasteiger partial charge in [-0.2, -0.15) is 23.0 Å². The van der Waals surface area contributed by atoms with Crippen LogP contribution in [0.3, 0.4) is 0 Å². The zero-order chi connectivity index (χ0) is 14.2. The lowest BCUT2D eigenvalue weighted by molar-refractivity contribution is -0.137. The van der Waals surface area contributed by atoms with E-state index in [9.17, 15) is 18.0 Å². The van der Waals surface area contributed by atoms with Gasteiger partial charge in [-0.05, 0) is 12.1 Å². The maximum Gasteiger partial charge on any atom is 0.417 e. The molecule has 2 rings (SSSR count). The average Bonchev–Trinajstić information content (AvgIpc) is 2.70. The van der Waals surface area contributed by atoms with E-state index < -0.39 is 17.6 Å². The molecule has 2 heterocycles. The number of pyridine rings is 1. The van der Waals surface area contributed by atoms with Gasteiger partial charge >= 0.3 is 6.18 Å². The summed E-state index contributed by atoms with van der Waals surface area (Å²) >= 11 is 0. The van der Waals surface area contributed by atoms with Gasteiger partial charge in [-0.1, -0.05) is 0 Å². The Kier molecular flexibility index (Phi) is 2.89. The molecule has 0 aliphatic heterocycles. The summed E-state index contributed by atoms with van der Waals surface area (Å²) in [4.78, 5) is 14.6. The largest absolute Gasteiger partial charge is 0.417 e. The van der Waals surface area contributed by atoms with Crippen molar-refractivity contribution in [2.24, 2.45) is 5.73 Å². The van der Waals surface area contributed by atoms with Crippen LogP contribution in [0.25, 0.3) is 5.82 Å². The second-order valence-electron chi connectivity index (χ2n) is 3.62. The molecule has 0 aliphatic rings. The van der Waals surface area contributed by atoms with Crippen LogP contribution in [0.2, 0.25) is 0 Å². The second kappa shape index (κ2) is 4.26. The van der Waals surface area contributed by atoms with Gasteiger partial charge in [-0.15, -0.1) is 0 Å². The molecule has 0 saturated heterocycles. The molecule has 4 N–H and O–H groups in total. The smallest absolute Gasteiger partial charge is 0.383 e. The van der Waals surface area contributed by atoms with E-state index in [2.05, 4.69) is 10.1 Å². The Morgan fingerprint density at radius 3 is 2.37 bits per heavy atom. The van der Waals surface area contributed by atoms with E-state index in [1.165, 1.54) is 0 Å². The fraction of sp³-hybridized carbons (Fsp3) is 0.100. The molecule has 0 atom stereocenters. The molecule has 100 valence electrons. The van der Waals surface area contributed by atoms with E-state index in [-0.39, 0.29) is 17.2 Å². The van der Waals surface area contributed by atoms with Gasteiger partial charge in [0.1, 0.15) is 11.4 Å². The average molecular weight is 271 g/mol. The summed E-state index contributed by atoms with van der Waals surface area (Å²) in [6, 6.07) is 1.93. The number of primary amides is 1. The summed E-state index contributed by atoms with van der Waals surface area (Å²) in [7, 11) is 0. The van der Waals surface area contributed by atoms with Crippen molar-refractivity contribution >= 4 is 11.7 Å². The van der Waals surface area contributed by atoms with Crippen molar-refractivity contribution in [3.8, 4) is 5.82 Å². The molecule has 0 aromatic carbocycles. The lowest BCUT2D eigenvalue weighted by atomic mass is 10.3. The van der Waals surface area contributed by atoms with Crippen LogP contribution in [0.5, 0.6) is 0 Å². The zero-order valence-electron chi connectivity index (χ0n) is 9.35. The van der Waals surface area contributed by atoms with E-state index in [1.54, 1.807) is 0 Å². The number of carbonyl (C=O) groups excluding carboxylic acids is 1. The molecule has 6 nitrogen and oxygen atoms in total. The minimum atomic E-state index is -4.47. The first-order valence-corrected chi connectivity index (χ1v) is 4.97. The Morgan fingerprint density at radius 1 is 1.26 bits per heavy atom. The highest BCUT2D eigenvalue weighted by atomic mass is 19.4. The second-order valence-corrected chi connectivity index (χ2v) is 3.62. The standard InChI is InChI=1S/C10H8F3N5O/c11-10(12,13)5-1-2-7(16-3-5)18-8(14)6(4-17-18)9(15)19/h1-4H,14H2,(H2,15,19). The summed E-state index contributed by atoms with van der Waals surface area (Å²) in [6.45, 7) is 0. The van der Waals surface area contributed by atoms with Crippen LogP contribution < -0.4 is 11.5 Å². The van der Waals surface area contributed by atoms with Crippen LogP contribution in [-0.4, -0.2) is 20.7 Å². The van der Waals surface area contributed by atoms with E-state index in [4.69, 9.17) is 11.5 Å². The number of halogens is 3. The fourth-order valence-corrected chi connectivity index (χ4v) is 1.41.